The molecule has 0 fully saturated rings. The van der Waals surface area contributed by atoms with Crippen LogP contribution < -0.4 is 0 Å². The minimum absolute atomic E-state index is 0.0550. The Labute approximate surface area is 116 Å². The average Bonchev–Trinajstić information content (AvgIpc) is 2.69. The van der Waals surface area contributed by atoms with Crippen LogP contribution >= 0.6 is 11.6 Å². The maximum absolute atomic E-state index is 11.0. The van der Waals surface area contributed by atoms with Crippen molar-refractivity contribution in [1.29, 1.82) is 0 Å². The van der Waals surface area contributed by atoms with Gasteiger partial charge in [-0.15, -0.1) is 0 Å². The lowest BCUT2D eigenvalue weighted by Gasteiger charge is -2.01. The molecule has 5 heteroatoms. The normalized spacial score (nSPS) is 11.1. The predicted octanol–water partition coefficient (Wildman–Crippen LogP) is 3.44. The van der Waals surface area contributed by atoms with E-state index < -0.39 is 5.97 Å². The van der Waals surface area contributed by atoms with Crippen LogP contribution in [0.15, 0.2) is 35.3 Å². The summed E-state index contributed by atoms with van der Waals surface area (Å²) >= 11 is 5.80. The summed E-state index contributed by atoms with van der Waals surface area (Å²) in [6.07, 6.45) is 1.70. The van der Waals surface area contributed by atoms with Gasteiger partial charge >= 0.3 is 5.97 Å². The molecule has 0 unspecified atom stereocenters. The molecule has 0 spiro atoms. The van der Waals surface area contributed by atoms with Crippen molar-refractivity contribution in [2.24, 2.45) is 12.0 Å². The Morgan fingerprint density at radius 3 is 2.68 bits per heavy atom. The van der Waals surface area contributed by atoms with Crippen molar-refractivity contribution in [3.05, 3.63) is 52.3 Å². The zero-order valence-corrected chi connectivity index (χ0v) is 11.3. The van der Waals surface area contributed by atoms with E-state index in [1.165, 1.54) is 12.1 Å². The smallest absolute Gasteiger partial charge is 0.337 e. The third-order valence-corrected chi connectivity index (χ3v) is 3.27. The van der Waals surface area contributed by atoms with E-state index in [9.17, 15) is 4.79 Å². The Bertz CT molecular complexity index is 659. The summed E-state index contributed by atoms with van der Waals surface area (Å²) in [5, 5.41) is 9.19. The van der Waals surface area contributed by atoms with Crippen molar-refractivity contribution in [1.82, 2.24) is 4.57 Å². The van der Waals surface area contributed by atoms with E-state index in [1.807, 2.05) is 30.7 Å². The minimum atomic E-state index is -1.06. The van der Waals surface area contributed by atoms with Gasteiger partial charge in [0.25, 0.3) is 0 Å². The molecule has 2 aromatic rings. The van der Waals surface area contributed by atoms with E-state index in [0.717, 1.165) is 11.4 Å². The van der Waals surface area contributed by atoms with Crippen LogP contribution in [0.1, 0.15) is 21.7 Å². The van der Waals surface area contributed by atoms with Crippen molar-refractivity contribution in [3.8, 4) is 0 Å². The second kappa shape index (κ2) is 5.28. The zero-order valence-electron chi connectivity index (χ0n) is 10.6. The number of rotatable bonds is 3. The van der Waals surface area contributed by atoms with Gasteiger partial charge in [-0.3, -0.25) is 4.99 Å². The molecule has 0 aliphatic heterocycles. The first kappa shape index (κ1) is 13.4. The molecule has 19 heavy (non-hydrogen) atoms. The van der Waals surface area contributed by atoms with E-state index in [0.29, 0.717) is 5.69 Å². The molecule has 0 aliphatic rings. The first-order valence-corrected chi connectivity index (χ1v) is 6.06. The van der Waals surface area contributed by atoms with E-state index in [4.69, 9.17) is 16.7 Å². The standard InChI is InChI=1S/C14H13ClN2O2/c1-9-3-5-11(17(9)2)8-16-10-4-6-13(15)12(7-10)14(18)19/h3-8H,1-2H3,(H,18,19). The number of carbonyl (C=O) groups is 1. The Kier molecular flexibility index (Phi) is 3.71. The highest BCUT2D eigenvalue weighted by Crippen LogP contribution is 2.22. The highest BCUT2D eigenvalue weighted by molar-refractivity contribution is 6.33. The van der Waals surface area contributed by atoms with Crippen LogP contribution in [-0.4, -0.2) is 21.9 Å². The molecule has 0 saturated heterocycles. The predicted molar refractivity (Wildman–Crippen MR) is 75.8 cm³/mol. The molecule has 0 atom stereocenters. The van der Waals surface area contributed by atoms with Gasteiger partial charge < -0.3 is 9.67 Å². The van der Waals surface area contributed by atoms with Gasteiger partial charge in [-0.25, -0.2) is 4.79 Å². The van der Waals surface area contributed by atoms with Gasteiger partial charge in [-0.2, -0.15) is 0 Å². The lowest BCUT2D eigenvalue weighted by Crippen LogP contribution is -1.97. The molecule has 4 nitrogen and oxygen atoms in total. The topological polar surface area (TPSA) is 54.6 Å². The fourth-order valence-electron chi connectivity index (χ4n) is 1.66. The third kappa shape index (κ3) is 2.85. The van der Waals surface area contributed by atoms with Gasteiger partial charge in [0.15, 0.2) is 0 Å². The molecule has 1 aromatic carbocycles. The van der Waals surface area contributed by atoms with E-state index >= 15 is 0 Å². The van der Waals surface area contributed by atoms with Crippen molar-refractivity contribution < 1.29 is 9.90 Å². The number of halogens is 1. The van der Waals surface area contributed by atoms with Crippen LogP contribution in [0.4, 0.5) is 5.69 Å². The van der Waals surface area contributed by atoms with Gasteiger partial charge in [0.1, 0.15) is 0 Å². The SMILES string of the molecule is Cc1ccc(C=Nc2ccc(Cl)c(C(=O)O)c2)n1C. The number of carboxylic acid groups (broad SMARTS) is 1. The Morgan fingerprint density at radius 2 is 2.11 bits per heavy atom. The highest BCUT2D eigenvalue weighted by atomic mass is 35.5. The summed E-state index contributed by atoms with van der Waals surface area (Å²) in [5.41, 5.74) is 2.69. The van der Waals surface area contributed by atoms with Crippen LogP contribution in [0.25, 0.3) is 0 Å². The van der Waals surface area contributed by atoms with Crippen molar-refractivity contribution in [2.75, 3.05) is 0 Å². The molecule has 1 aromatic heterocycles. The number of carboxylic acids is 1. The van der Waals surface area contributed by atoms with Crippen molar-refractivity contribution >= 4 is 29.5 Å². The summed E-state index contributed by atoms with van der Waals surface area (Å²) in [7, 11) is 1.95. The summed E-state index contributed by atoms with van der Waals surface area (Å²) in [6.45, 7) is 2.00. The Balaban J connectivity index is 2.31. The molecule has 1 heterocycles. The monoisotopic (exact) mass is 276 g/mol. The van der Waals surface area contributed by atoms with Gasteiger partial charge in [0.2, 0.25) is 0 Å². The molecule has 0 aliphatic carbocycles. The number of aromatic carboxylic acids is 1. The number of benzene rings is 1. The Morgan fingerprint density at radius 1 is 1.37 bits per heavy atom. The van der Waals surface area contributed by atoms with Crippen LogP contribution in [0.2, 0.25) is 5.02 Å². The van der Waals surface area contributed by atoms with Crippen LogP contribution in [0.3, 0.4) is 0 Å². The average molecular weight is 277 g/mol. The first-order valence-electron chi connectivity index (χ1n) is 5.68. The second-order valence-electron chi connectivity index (χ2n) is 4.19. The quantitative estimate of drug-likeness (QED) is 0.873. The lowest BCUT2D eigenvalue weighted by molar-refractivity contribution is 0.0697. The number of hydrogen-bond donors (Lipinski definition) is 1. The van der Waals surface area contributed by atoms with Crippen LogP contribution in [0.5, 0.6) is 0 Å². The van der Waals surface area contributed by atoms with Gasteiger partial charge in [-0.1, -0.05) is 11.6 Å². The molecule has 98 valence electrons. The van der Waals surface area contributed by atoms with E-state index in [1.54, 1.807) is 12.3 Å². The molecule has 1 N–H and O–H groups in total. The minimum Gasteiger partial charge on any atom is -0.478 e. The molecule has 2 rings (SSSR count). The highest BCUT2D eigenvalue weighted by Gasteiger charge is 2.08. The maximum Gasteiger partial charge on any atom is 0.337 e. The van der Waals surface area contributed by atoms with Crippen LogP contribution in [0, 0.1) is 6.92 Å². The number of aryl methyl sites for hydroxylation is 1. The maximum atomic E-state index is 11.0. The summed E-state index contributed by atoms with van der Waals surface area (Å²) < 4.78 is 2.00. The number of hydrogen-bond acceptors (Lipinski definition) is 2. The van der Waals surface area contributed by atoms with Gasteiger partial charge in [0.05, 0.1) is 28.2 Å². The van der Waals surface area contributed by atoms with E-state index in [2.05, 4.69) is 4.99 Å². The molecule has 0 saturated carbocycles. The molecular formula is C14H13ClN2O2. The summed E-state index contributed by atoms with van der Waals surface area (Å²) in [5.74, 6) is -1.06. The van der Waals surface area contributed by atoms with Crippen LogP contribution in [-0.2, 0) is 7.05 Å². The largest absolute Gasteiger partial charge is 0.478 e. The van der Waals surface area contributed by atoms with Crippen molar-refractivity contribution in [3.63, 3.8) is 0 Å². The summed E-state index contributed by atoms with van der Waals surface area (Å²) in [6, 6.07) is 8.62. The fraction of sp³-hybridized carbons (Fsp3) is 0.143. The zero-order chi connectivity index (χ0) is 14.0. The lowest BCUT2D eigenvalue weighted by atomic mass is 10.2. The number of aromatic nitrogens is 1. The van der Waals surface area contributed by atoms with Crippen molar-refractivity contribution in [2.45, 2.75) is 6.92 Å². The number of nitrogens with zero attached hydrogens (tertiary/aromatic N) is 2. The summed E-state index contributed by atoms with van der Waals surface area (Å²) in [4.78, 5) is 15.2. The molecule has 0 radical (unpaired) electrons. The first-order chi connectivity index (χ1) is 8.99. The fourth-order valence-corrected chi connectivity index (χ4v) is 1.86. The molecular weight excluding hydrogens is 264 g/mol. The molecule has 0 bridgehead atoms. The van der Waals surface area contributed by atoms with Gasteiger partial charge in [0, 0.05) is 12.7 Å². The Hall–Kier alpha value is -2.07. The third-order valence-electron chi connectivity index (χ3n) is 2.94. The van der Waals surface area contributed by atoms with Gasteiger partial charge in [-0.05, 0) is 37.3 Å². The van der Waals surface area contributed by atoms with E-state index in [-0.39, 0.29) is 10.6 Å². The second-order valence-corrected chi connectivity index (χ2v) is 4.59. The number of aliphatic imine (C=N–C) groups is 1. The molecule has 0 amide bonds.